The Hall–Kier alpha value is -6.08. The van der Waals surface area contributed by atoms with Crippen LogP contribution in [0, 0.1) is 157 Å². The Balaban J connectivity index is 2.00. The molecule has 0 fully saturated rings. The van der Waals surface area contributed by atoms with Gasteiger partial charge in [-0.2, -0.15) is 0 Å². The SMILES string of the molecule is C#CC#CC#CC#CC#CC#CC1(C#CC#CC#CC#CC#CC#C)Oc2cc(C)sc2-c2sc(C)cc21. The summed E-state index contributed by atoms with van der Waals surface area (Å²) in [7, 11) is 0. The molecule has 3 rings (SSSR count). The summed E-state index contributed by atoms with van der Waals surface area (Å²) in [5.41, 5.74) is -0.411. The van der Waals surface area contributed by atoms with Gasteiger partial charge in [-0.1, -0.05) is 0 Å². The van der Waals surface area contributed by atoms with Gasteiger partial charge in [0.15, 0.2) is 0 Å². The van der Waals surface area contributed by atoms with Crippen LogP contribution >= 0.6 is 22.7 Å². The number of fused-ring (bicyclic) bond motifs is 3. The second-order valence-corrected chi connectivity index (χ2v) is 9.23. The van der Waals surface area contributed by atoms with Crippen molar-refractivity contribution in [3.8, 4) is 159 Å². The average molecular weight is 511 g/mol. The number of terminal acetylenes is 2. The Morgan fingerprint density at radius 2 is 0.947 bits per heavy atom. The lowest BCUT2D eigenvalue weighted by molar-refractivity contribution is 0.192. The second kappa shape index (κ2) is 13.7. The van der Waals surface area contributed by atoms with Gasteiger partial charge < -0.3 is 4.74 Å². The lowest BCUT2D eigenvalue weighted by Gasteiger charge is -2.28. The van der Waals surface area contributed by atoms with E-state index in [1.165, 1.54) is 0 Å². The molecule has 1 aliphatic rings. The minimum Gasteiger partial charge on any atom is -0.457 e. The monoisotopic (exact) mass is 510 g/mol. The van der Waals surface area contributed by atoms with E-state index >= 15 is 0 Å². The largest absolute Gasteiger partial charge is 0.457 e. The quantitative estimate of drug-likeness (QED) is 0.488. The lowest BCUT2D eigenvalue weighted by atomic mass is 9.92. The van der Waals surface area contributed by atoms with E-state index in [-0.39, 0.29) is 0 Å². The van der Waals surface area contributed by atoms with Gasteiger partial charge in [-0.3, -0.25) is 0 Å². The van der Waals surface area contributed by atoms with E-state index < -0.39 is 5.60 Å². The number of hydrogen-bond acceptors (Lipinski definition) is 3. The third-order valence-electron chi connectivity index (χ3n) is 4.15. The van der Waals surface area contributed by atoms with Crippen LogP contribution in [-0.4, -0.2) is 0 Å². The Morgan fingerprint density at radius 3 is 1.42 bits per heavy atom. The zero-order valence-electron chi connectivity index (χ0n) is 20.0. The Morgan fingerprint density at radius 1 is 0.553 bits per heavy atom. The molecule has 0 atom stereocenters. The van der Waals surface area contributed by atoms with Crippen LogP contribution in [0.15, 0.2) is 12.1 Å². The molecule has 0 saturated heterocycles. The molecule has 38 heavy (non-hydrogen) atoms. The highest BCUT2D eigenvalue weighted by molar-refractivity contribution is 7.22. The van der Waals surface area contributed by atoms with E-state index in [4.69, 9.17) is 17.6 Å². The smallest absolute Gasteiger partial charge is 0.260 e. The van der Waals surface area contributed by atoms with Gasteiger partial charge in [0.25, 0.3) is 5.60 Å². The molecule has 0 unspecified atom stereocenters. The molecule has 0 bridgehead atoms. The molecule has 0 amide bonds. The molecule has 0 spiro atoms. The minimum atomic E-state index is -1.26. The van der Waals surface area contributed by atoms with E-state index in [0.717, 1.165) is 30.8 Å². The van der Waals surface area contributed by atoms with E-state index in [1.54, 1.807) is 22.7 Å². The van der Waals surface area contributed by atoms with E-state index in [1.807, 2.05) is 26.0 Å². The zero-order chi connectivity index (χ0) is 27.1. The number of rotatable bonds is 0. The minimum absolute atomic E-state index is 0.720. The molecule has 2 aromatic rings. The Labute approximate surface area is 232 Å². The van der Waals surface area contributed by atoms with Crippen molar-refractivity contribution in [3.63, 3.8) is 0 Å². The van der Waals surface area contributed by atoms with Crippen LogP contribution in [-0.2, 0) is 5.60 Å². The molecule has 168 valence electrons. The van der Waals surface area contributed by atoms with E-state index in [2.05, 4.69) is 130 Å². The van der Waals surface area contributed by atoms with Crippen molar-refractivity contribution in [1.82, 2.24) is 0 Å². The molecule has 0 aromatic carbocycles. The highest BCUT2D eigenvalue weighted by Crippen LogP contribution is 2.52. The maximum Gasteiger partial charge on any atom is 0.260 e. The zero-order valence-corrected chi connectivity index (χ0v) is 21.7. The summed E-state index contributed by atoms with van der Waals surface area (Å²) in [6.07, 6.45) is 10.0. The van der Waals surface area contributed by atoms with Crippen LogP contribution in [0.1, 0.15) is 15.3 Å². The summed E-state index contributed by atoms with van der Waals surface area (Å²) < 4.78 is 6.40. The standard InChI is InChI=1S/C35H10OS2/c1-5-7-9-11-13-15-17-19-21-23-25-35(26-24-22-20-18-16-14-12-10-8-6-2)31-27-29(3)37-33(31)34-32(36-35)28-30(4)38-34/h1-2,27-28H,3-4H3. The van der Waals surface area contributed by atoms with Gasteiger partial charge in [-0.05, 0) is 156 Å². The van der Waals surface area contributed by atoms with Crippen LogP contribution in [0.4, 0.5) is 0 Å². The highest BCUT2D eigenvalue weighted by Gasteiger charge is 2.41. The van der Waals surface area contributed by atoms with Crippen LogP contribution in [0.5, 0.6) is 5.75 Å². The summed E-state index contributed by atoms with van der Waals surface area (Å²) in [5.74, 6) is 57.6. The molecule has 3 heterocycles. The number of hydrogen-bond donors (Lipinski definition) is 0. The number of thiophene rings is 2. The van der Waals surface area contributed by atoms with Crippen molar-refractivity contribution >= 4 is 22.7 Å². The highest BCUT2D eigenvalue weighted by atomic mass is 32.1. The molecule has 1 aliphatic heterocycles. The molecule has 1 nitrogen and oxygen atoms in total. The third kappa shape index (κ3) is 7.21. The summed E-state index contributed by atoms with van der Waals surface area (Å²) in [5, 5.41) is 0. The third-order valence-corrected chi connectivity index (χ3v) is 6.39. The summed E-state index contributed by atoms with van der Waals surface area (Å²) in [6.45, 7) is 4.06. The first kappa shape index (κ1) is 26.5. The van der Waals surface area contributed by atoms with E-state index in [0.29, 0.717) is 0 Å². The van der Waals surface area contributed by atoms with Gasteiger partial charge in [0.1, 0.15) is 5.75 Å². The molecular weight excluding hydrogens is 501 g/mol. The predicted octanol–water partition coefficient (Wildman–Crippen LogP) is 3.98. The molecule has 0 N–H and O–H groups in total. The van der Waals surface area contributed by atoms with Crippen LogP contribution in [0.3, 0.4) is 0 Å². The molecule has 3 heteroatoms. The van der Waals surface area contributed by atoms with Gasteiger partial charge in [0.2, 0.25) is 0 Å². The number of aryl methyl sites for hydroxylation is 2. The molecular formula is C35H10OS2. The average Bonchev–Trinajstić information content (AvgIpc) is 3.48. The van der Waals surface area contributed by atoms with Gasteiger partial charge >= 0.3 is 0 Å². The first-order valence-corrected chi connectivity index (χ1v) is 12.1. The van der Waals surface area contributed by atoms with Crippen molar-refractivity contribution < 1.29 is 4.74 Å². The van der Waals surface area contributed by atoms with Crippen LogP contribution in [0.25, 0.3) is 9.75 Å². The fraction of sp³-hybridized carbons (Fsp3) is 0.0857. The maximum atomic E-state index is 6.40. The van der Waals surface area contributed by atoms with Gasteiger partial charge in [-0.25, -0.2) is 0 Å². The summed E-state index contributed by atoms with van der Waals surface area (Å²) >= 11 is 3.33. The summed E-state index contributed by atoms with van der Waals surface area (Å²) in [6, 6.07) is 4.01. The Kier molecular flexibility index (Phi) is 9.57. The van der Waals surface area contributed by atoms with Crippen molar-refractivity contribution in [1.29, 1.82) is 0 Å². The first-order valence-electron chi connectivity index (χ1n) is 10.5. The van der Waals surface area contributed by atoms with E-state index in [9.17, 15) is 0 Å². The maximum absolute atomic E-state index is 6.40. The van der Waals surface area contributed by atoms with Gasteiger partial charge in [0, 0.05) is 15.3 Å². The van der Waals surface area contributed by atoms with Crippen molar-refractivity contribution in [2.75, 3.05) is 0 Å². The topological polar surface area (TPSA) is 9.23 Å². The molecule has 0 saturated carbocycles. The molecule has 2 aromatic heterocycles. The Bertz CT molecular complexity index is 1940. The second-order valence-electron chi connectivity index (χ2n) is 6.72. The van der Waals surface area contributed by atoms with Crippen molar-refractivity contribution in [3.05, 3.63) is 27.5 Å². The molecule has 0 radical (unpaired) electrons. The molecule has 0 aliphatic carbocycles. The number of ether oxygens (including phenoxy) is 1. The first-order chi connectivity index (χ1) is 18.6. The normalized spacial score (nSPS) is 9.16. The van der Waals surface area contributed by atoms with Gasteiger partial charge in [0.05, 0.1) is 9.75 Å². The fourth-order valence-corrected chi connectivity index (χ4v) is 5.00. The lowest BCUT2D eigenvalue weighted by Crippen LogP contribution is -2.32. The van der Waals surface area contributed by atoms with Crippen LogP contribution < -0.4 is 4.74 Å². The predicted molar refractivity (Wildman–Crippen MR) is 155 cm³/mol. The van der Waals surface area contributed by atoms with Crippen LogP contribution in [0.2, 0.25) is 0 Å². The fourth-order valence-electron chi connectivity index (χ4n) is 2.85. The van der Waals surface area contributed by atoms with Gasteiger partial charge in [-0.15, -0.1) is 35.5 Å². The van der Waals surface area contributed by atoms with Crippen molar-refractivity contribution in [2.24, 2.45) is 0 Å². The van der Waals surface area contributed by atoms with Crippen molar-refractivity contribution in [2.45, 2.75) is 19.4 Å². The summed E-state index contributed by atoms with van der Waals surface area (Å²) in [4.78, 5) is 4.35.